The number of sulfonamides is 1. The summed E-state index contributed by atoms with van der Waals surface area (Å²) in [5.41, 5.74) is 5.98. The minimum absolute atomic E-state index is 0.0555. The van der Waals surface area contributed by atoms with Crippen LogP contribution in [0.5, 0.6) is 0 Å². The Labute approximate surface area is 116 Å². The fourth-order valence-electron chi connectivity index (χ4n) is 1.63. The van der Waals surface area contributed by atoms with Crippen molar-refractivity contribution in [2.45, 2.75) is 18.1 Å². The minimum Gasteiger partial charge on any atom is -0.399 e. The van der Waals surface area contributed by atoms with Crippen LogP contribution in [-0.4, -0.2) is 31.7 Å². The number of amides is 1. The van der Waals surface area contributed by atoms with Gasteiger partial charge < -0.3 is 5.73 Å². The van der Waals surface area contributed by atoms with E-state index < -0.39 is 16.3 Å². The monoisotopic (exact) mass is 294 g/mol. The lowest BCUT2D eigenvalue weighted by Gasteiger charge is -2.26. The van der Waals surface area contributed by atoms with Crippen LogP contribution in [0.15, 0.2) is 46.4 Å². The van der Waals surface area contributed by atoms with Crippen LogP contribution in [0.2, 0.25) is 0 Å². The fourth-order valence-corrected chi connectivity index (χ4v) is 2.72. The van der Waals surface area contributed by atoms with Crippen LogP contribution in [0, 0.1) is 0 Å². The first kappa shape index (κ1) is 14.2. The van der Waals surface area contributed by atoms with Crippen molar-refractivity contribution < 1.29 is 13.2 Å². The first-order chi connectivity index (χ1) is 9.40. The topological polar surface area (TPSA) is 105 Å². The number of nitrogen functional groups attached to an aromatic ring is 1. The zero-order valence-electron chi connectivity index (χ0n) is 10.7. The van der Waals surface area contributed by atoms with Gasteiger partial charge in [0.25, 0.3) is 0 Å². The number of benzene rings is 1. The Morgan fingerprint density at radius 3 is 2.60 bits per heavy atom. The number of carbonyl (C=O) groups excluding carboxylic acids is 1. The molecule has 8 heteroatoms. The Balaban J connectivity index is 2.23. The minimum atomic E-state index is -3.79. The zero-order valence-corrected chi connectivity index (χ0v) is 11.5. The number of nitrogens with one attached hydrogen (secondary N) is 1. The molecule has 1 heterocycles. The summed E-state index contributed by atoms with van der Waals surface area (Å²) in [6.07, 6.45) is 3.45. The van der Waals surface area contributed by atoms with Gasteiger partial charge in [-0.05, 0) is 30.3 Å². The molecule has 0 radical (unpaired) electrons. The van der Waals surface area contributed by atoms with E-state index in [1.54, 1.807) is 6.08 Å². The first-order valence-electron chi connectivity index (χ1n) is 5.77. The third-order valence-corrected chi connectivity index (χ3v) is 4.05. The van der Waals surface area contributed by atoms with Gasteiger partial charge in [0.05, 0.1) is 4.90 Å². The second kappa shape index (κ2) is 5.43. The standard InChI is InChI=1S/C12H14N4O3S/c1-9(17)16-8-2-7-14-12(16)15-20(18,19)11-5-3-10(13)4-6-11/h2-8,12,15H,13H2,1H3. The molecule has 20 heavy (non-hydrogen) atoms. The normalized spacial score (nSPS) is 18.2. The fraction of sp³-hybridized carbons (Fsp3) is 0.167. The third kappa shape index (κ3) is 3.03. The highest BCUT2D eigenvalue weighted by molar-refractivity contribution is 7.89. The summed E-state index contributed by atoms with van der Waals surface area (Å²) < 4.78 is 26.7. The van der Waals surface area contributed by atoms with E-state index in [1.807, 2.05) is 0 Å². The largest absolute Gasteiger partial charge is 0.399 e. The molecule has 1 aromatic carbocycles. The van der Waals surface area contributed by atoms with Crippen LogP contribution < -0.4 is 10.5 Å². The SMILES string of the molecule is CC(=O)N1C=CC=NC1NS(=O)(=O)c1ccc(N)cc1. The molecule has 1 unspecified atom stereocenters. The molecule has 1 atom stereocenters. The van der Waals surface area contributed by atoms with Crippen LogP contribution >= 0.6 is 0 Å². The highest BCUT2D eigenvalue weighted by atomic mass is 32.2. The summed E-state index contributed by atoms with van der Waals surface area (Å²) in [4.78, 5) is 16.6. The van der Waals surface area contributed by atoms with Crippen LogP contribution in [0.1, 0.15) is 6.92 Å². The molecule has 2 rings (SSSR count). The average Bonchev–Trinajstić information content (AvgIpc) is 2.39. The van der Waals surface area contributed by atoms with Gasteiger partial charge in [0, 0.05) is 25.0 Å². The van der Waals surface area contributed by atoms with Crippen molar-refractivity contribution in [1.82, 2.24) is 9.62 Å². The molecule has 1 aromatic rings. The van der Waals surface area contributed by atoms with Gasteiger partial charge in [-0.25, -0.2) is 8.42 Å². The lowest BCUT2D eigenvalue weighted by Crippen LogP contribution is -2.47. The molecular weight excluding hydrogens is 280 g/mol. The highest BCUT2D eigenvalue weighted by Crippen LogP contribution is 2.14. The number of aliphatic imine (C=N–C) groups is 1. The smallest absolute Gasteiger partial charge is 0.243 e. The Kier molecular flexibility index (Phi) is 3.86. The van der Waals surface area contributed by atoms with Crippen molar-refractivity contribution >= 4 is 27.8 Å². The van der Waals surface area contributed by atoms with E-state index in [4.69, 9.17) is 5.73 Å². The second-order valence-electron chi connectivity index (χ2n) is 4.13. The second-order valence-corrected chi connectivity index (χ2v) is 5.84. The van der Waals surface area contributed by atoms with E-state index in [0.29, 0.717) is 5.69 Å². The van der Waals surface area contributed by atoms with Gasteiger partial charge >= 0.3 is 0 Å². The average molecular weight is 294 g/mol. The highest BCUT2D eigenvalue weighted by Gasteiger charge is 2.25. The summed E-state index contributed by atoms with van der Waals surface area (Å²) in [5, 5.41) is 0. The molecule has 7 nitrogen and oxygen atoms in total. The van der Waals surface area contributed by atoms with Gasteiger partial charge in [-0.15, -0.1) is 0 Å². The molecule has 0 spiro atoms. The Bertz CT molecular complexity index is 664. The Hall–Kier alpha value is -2.19. The Morgan fingerprint density at radius 2 is 2.00 bits per heavy atom. The molecule has 0 bridgehead atoms. The zero-order chi connectivity index (χ0) is 14.8. The number of anilines is 1. The third-order valence-electron chi connectivity index (χ3n) is 2.64. The van der Waals surface area contributed by atoms with Crippen LogP contribution in [0.25, 0.3) is 0 Å². The number of rotatable bonds is 3. The summed E-state index contributed by atoms with van der Waals surface area (Å²) in [6, 6.07) is 5.75. The van der Waals surface area contributed by atoms with Crippen molar-refractivity contribution in [3.63, 3.8) is 0 Å². The molecule has 3 N–H and O–H groups in total. The molecule has 1 aliphatic heterocycles. The van der Waals surface area contributed by atoms with Crippen molar-refractivity contribution in [1.29, 1.82) is 0 Å². The summed E-state index contributed by atoms with van der Waals surface area (Å²) in [5.74, 6) is -0.317. The van der Waals surface area contributed by atoms with Gasteiger partial charge in [-0.2, -0.15) is 4.72 Å². The molecule has 0 saturated heterocycles. The molecular formula is C12H14N4O3S. The number of allylic oxidation sites excluding steroid dienone is 1. The predicted molar refractivity (Wildman–Crippen MR) is 75.1 cm³/mol. The van der Waals surface area contributed by atoms with E-state index in [0.717, 1.165) is 0 Å². The van der Waals surface area contributed by atoms with Crippen molar-refractivity contribution in [2.24, 2.45) is 4.99 Å². The maximum absolute atomic E-state index is 12.2. The van der Waals surface area contributed by atoms with E-state index >= 15 is 0 Å². The number of nitrogens with zero attached hydrogens (tertiary/aromatic N) is 2. The van der Waals surface area contributed by atoms with E-state index in [1.165, 1.54) is 48.5 Å². The maximum Gasteiger partial charge on any atom is 0.243 e. The Morgan fingerprint density at radius 1 is 1.35 bits per heavy atom. The lowest BCUT2D eigenvalue weighted by atomic mass is 10.3. The van der Waals surface area contributed by atoms with E-state index in [9.17, 15) is 13.2 Å². The first-order valence-corrected chi connectivity index (χ1v) is 7.25. The summed E-state index contributed by atoms with van der Waals surface area (Å²) >= 11 is 0. The molecule has 1 amide bonds. The molecule has 1 aliphatic rings. The van der Waals surface area contributed by atoms with Gasteiger partial charge in [0.2, 0.25) is 15.9 Å². The summed E-state index contributed by atoms with van der Waals surface area (Å²) in [7, 11) is -3.79. The molecule has 0 fully saturated rings. The van der Waals surface area contributed by atoms with E-state index in [-0.39, 0.29) is 10.8 Å². The van der Waals surface area contributed by atoms with Gasteiger partial charge in [-0.1, -0.05) is 0 Å². The number of carbonyl (C=O) groups is 1. The van der Waals surface area contributed by atoms with Crippen LogP contribution in [-0.2, 0) is 14.8 Å². The maximum atomic E-state index is 12.2. The quantitative estimate of drug-likeness (QED) is 0.781. The van der Waals surface area contributed by atoms with Crippen molar-refractivity contribution in [3.8, 4) is 0 Å². The van der Waals surface area contributed by atoms with Crippen molar-refractivity contribution in [2.75, 3.05) is 5.73 Å². The van der Waals surface area contributed by atoms with Gasteiger partial charge in [0.15, 0.2) is 6.29 Å². The van der Waals surface area contributed by atoms with Gasteiger partial charge in [-0.3, -0.25) is 14.7 Å². The molecule has 106 valence electrons. The van der Waals surface area contributed by atoms with Gasteiger partial charge in [0.1, 0.15) is 0 Å². The number of nitrogens with two attached hydrogens (primary N) is 1. The molecule has 0 saturated carbocycles. The predicted octanol–water partition coefficient (Wildman–Crippen LogP) is 0.277. The molecule has 0 aromatic heterocycles. The van der Waals surface area contributed by atoms with E-state index in [2.05, 4.69) is 9.71 Å². The number of hydrogen-bond acceptors (Lipinski definition) is 5. The van der Waals surface area contributed by atoms with Crippen LogP contribution in [0.4, 0.5) is 5.69 Å². The summed E-state index contributed by atoms with van der Waals surface area (Å²) in [6.45, 7) is 1.33. The van der Waals surface area contributed by atoms with Crippen LogP contribution in [0.3, 0.4) is 0 Å². The molecule has 0 aliphatic carbocycles. The number of hydrogen-bond donors (Lipinski definition) is 2. The van der Waals surface area contributed by atoms with Crippen molar-refractivity contribution in [3.05, 3.63) is 36.5 Å². The lowest BCUT2D eigenvalue weighted by molar-refractivity contribution is -0.128.